The molecule has 1 aliphatic heterocycles. The first kappa shape index (κ1) is 22.1. The molecule has 2 aromatic rings. The van der Waals surface area contributed by atoms with Crippen LogP contribution in [-0.2, 0) is 14.8 Å². The van der Waals surface area contributed by atoms with Crippen LogP contribution in [0, 0.1) is 0 Å². The maximum absolute atomic E-state index is 12.7. The van der Waals surface area contributed by atoms with Gasteiger partial charge in [-0.3, -0.25) is 19.2 Å². The molecule has 4 N–H and O–H groups in total. The molecule has 0 spiro atoms. The molecule has 0 saturated carbocycles. The molecule has 0 bridgehead atoms. The topological polar surface area (TPSA) is 122 Å². The lowest BCUT2D eigenvalue weighted by atomic mass is 10.0. The molecule has 8 nitrogen and oxygen atoms in total. The summed E-state index contributed by atoms with van der Waals surface area (Å²) in [5, 5.41) is 3.34. The van der Waals surface area contributed by atoms with Crippen molar-refractivity contribution >= 4 is 39.1 Å². The first-order valence-corrected chi connectivity index (χ1v) is 11.3. The zero-order valence-electron chi connectivity index (χ0n) is 16.2. The van der Waals surface area contributed by atoms with Crippen molar-refractivity contribution in [1.82, 2.24) is 10.2 Å². The van der Waals surface area contributed by atoms with Crippen LogP contribution in [0.1, 0.15) is 23.2 Å². The number of hydrogen-bond donors (Lipinski definition) is 3. The number of benzene rings is 2. The van der Waals surface area contributed by atoms with Crippen molar-refractivity contribution in [3.63, 3.8) is 0 Å². The van der Waals surface area contributed by atoms with Crippen molar-refractivity contribution in [3.8, 4) is 0 Å². The molecule has 0 aromatic heterocycles. The summed E-state index contributed by atoms with van der Waals surface area (Å²) < 4.78 is 27.8. The second-order valence-electron chi connectivity index (χ2n) is 7.13. The molecule has 1 aliphatic rings. The van der Waals surface area contributed by atoms with E-state index in [1.165, 1.54) is 24.3 Å². The number of amides is 2. The van der Waals surface area contributed by atoms with Crippen molar-refractivity contribution in [2.75, 3.05) is 24.4 Å². The molecule has 2 aromatic carbocycles. The molecular formula is C20H23ClN4O4S. The molecule has 160 valence electrons. The lowest BCUT2D eigenvalue weighted by Gasteiger charge is -2.31. The number of primary amides is 1. The first-order valence-electron chi connectivity index (χ1n) is 9.43. The third-order valence-corrected chi connectivity index (χ3v) is 6.40. The smallest absolute Gasteiger partial charge is 0.261 e. The second-order valence-corrected chi connectivity index (χ2v) is 9.25. The number of nitrogens with one attached hydrogen (secondary N) is 2. The third-order valence-electron chi connectivity index (χ3n) is 4.79. The summed E-state index contributed by atoms with van der Waals surface area (Å²) in [5.74, 6) is -0.718. The Balaban J connectivity index is 1.64. The van der Waals surface area contributed by atoms with E-state index in [-0.39, 0.29) is 34.9 Å². The largest absolute Gasteiger partial charge is 0.369 e. The van der Waals surface area contributed by atoms with Crippen LogP contribution in [0.4, 0.5) is 5.69 Å². The fourth-order valence-electron chi connectivity index (χ4n) is 3.30. The number of rotatable bonds is 7. The van der Waals surface area contributed by atoms with Crippen molar-refractivity contribution in [2.24, 2.45) is 5.73 Å². The average Bonchev–Trinajstić information content (AvgIpc) is 2.69. The summed E-state index contributed by atoms with van der Waals surface area (Å²) in [5.41, 5.74) is 5.80. The number of halogens is 1. The van der Waals surface area contributed by atoms with Gasteiger partial charge in [-0.05, 0) is 49.2 Å². The van der Waals surface area contributed by atoms with Crippen LogP contribution >= 0.6 is 11.6 Å². The van der Waals surface area contributed by atoms with E-state index in [9.17, 15) is 18.0 Å². The van der Waals surface area contributed by atoms with Gasteiger partial charge in [0.2, 0.25) is 5.91 Å². The Morgan fingerprint density at radius 1 is 1.10 bits per heavy atom. The molecule has 1 heterocycles. The number of piperidine rings is 1. The molecule has 2 amide bonds. The number of hydrogen-bond acceptors (Lipinski definition) is 5. The normalized spacial score (nSPS) is 15.5. The van der Waals surface area contributed by atoms with Gasteiger partial charge < -0.3 is 11.1 Å². The summed E-state index contributed by atoms with van der Waals surface area (Å²) in [4.78, 5) is 25.6. The van der Waals surface area contributed by atoms with Crippen LogP contribution in [0.3, 0.4) is 0 Å². The summed E-state index contributed by atoms with van der Waals surface area (Å²) in [6.07, 6.45) is 1.38. The summed E-state index contributed by atoms with van der Waals surface area (Å²) in [7, 11) is -3.88. The molecule has 1 saturated heterocycles. The fourth-order valence-corrected chi connectivity index (χ4v) is 4.58. The van der Waals surface area contributed by atoms with Gasteiger partial charge in [0.15, 0.2) is 0 Å². The van der Waals surface area contributed by atoms with E-state index < -0.39 is 10.0 Å². The number of likely N-dealkylation sites (tertiary alicyclic amines) is 1. The van der Waals surface area contributed by atoms with Crippen LogP contribution in [0.2, 0.25) is 5.02 Å². The standard InChI is InChI=1S/C20H23ClN4O4S/c21-15-4-2-5-17(12-15)24-30(28,29)18-6-1-3-14(11-18)20(27)23-16-7-9-25(10-8-16)13-19(22)26/h1-6,11-12,16,24H,7-10,13H2,(H2,22,26)(H,23,27). The van der Waals surface area contributed by atoms with Gasteiger partial charge in [-0.2, -0.15) is 0 Å². The highest BCUT2D eigenvalue weighted by Crippen LogP contribution is 2.20. The number of anilines is 1. The molecule has 0 unspecified atom stereocenters. The maximum Gasteiger partial charge on any atom is 0.261 e. The molecule has 0 radical (unpaired) electrons. The monoisotopic (exact) mass is 450 g/mol. The van der Waals surface area contributed by atoms with Crippen LogP contribution in [0.25, 0.3) is 0 Å². The molecule has 0 atom stereocenters. The Hall–Kier alpha value is -2.62. The van der Waals surface area contributed by atoms with Crippen LogP contribution in [-0.4, -0.2) is 50.8 Å². The molecule has 3 rings (SSSR count). The lowest BCUT2D eigenvalue weighted by molar-refractivity contribution is -0.119. The molecule has 10 heteroatoms. The van der Waals surface area contributed by atoms with E-state index in [4.69, 9.17) is 17.3 Å². The van der Waals surface area contributed by atoms with Gasteiger partial charge in [0.25, 0.3) is 15.9 Å². The number of sulfonamides is 1. The highest BCUT2D eigenvalue weighted by molar-refractivity contribution is 7.92. The third kappa shape index (κ3) is 5.94. The number of carbonyl (C=O) groups is 2. The minimum atomic E-state index is -3.88. The Morgan fingerprint density at radius 2 is 1.80 bits per heavy atom. The zero-order valence-corrected chi connectivity index (χ0v) is 17.7. The lowest BCUT2D eigenvalue weighted by Crippen LogP contribution is -2.46. The fraction of sp³-hybridized carbons (Fsp3) is 0.300. The molecule has 1 fully saturated rings. The Bertz CT molecular complexity index is 1040. The zero-order chi connectivity index (χ0) is 21.7. The number of carbonyl (C=O) groups excluding carboxylic acids is 2. The van der Waals surface area contributed by atoms with Crippen LogP contribution < -0.4 is 15.8 Å². The Labute approximate surface area is 180 Å². The van der Waals surface area contributed by atoms with E-state index in [0.717, 1.165) is 0 Å². The SMILES string of the molecule is NC(=O)CN1CCC(NC(=O)c2cccc(S(=O)(=O)Nc3cccc(Cl)c3)c2)CC1. The Kier molecular flexibility index (Phi) is 6.96. The summed E-state index contributed by atoms with van der Waals surface area (Å²) >= 11 is 5.90. The van der Waals surface area contributed by atoms with Crippen molar-refractivity contribution in [3.05, 3.63) is 59.1 Å². The summed E-state index contributed by atoms with van der Waals surface area (Å²) in [6.45, 7) is 1.53. The number of nitrogens with two attached hydrogens (primary N) is 1. The van der Waals surface area contributed by atoms with E-state index in [0.29, 0.717) is 36.6 Å². The number of nitrogens with zero attached hydrogens (tertiary/aromatic N) is 1. The van der Waals surface area contributed by atoms with Gasteiger partial charge in [0.1, 0.15) is 0 Å². The first-order chi connectivity index (χ1) is 14.2. The van der Waals surface area contributed by atoms with Crippen molar-refractivity contribution in [1.29, 1.82) is 0 Å². The molecular weight excluding hydrogens is 428 g/mol. The minimum absolute atomic E-state index is 0.0218. The highest BCUT2D eigenvalue weighted by Gasteiger charge is 2.23. The predicted octanol–water partition coefficient (Wildman–Crippen LogP) is 1.82. The summed E-state index contributed by atoms with van der Waals surface area (Å²) in [6, 6.07) is 12.2. The van der Waals surface area contributed by atoms with E-state index in [1.54, 1.807) is 24.3 Å². The van der Waals surface area contributed by atoms with Crippen LogP contribution in [0.5, 0.6) is 0 Å². The van der Waals surface area contributed by atoms with Gasteiger partial charge in [0.05, 0.1) is 17.1 Å². The van der Waals surface area contributed by atoms with Gasteiger partial charge >= 0.3 is 0 Å². The van der Waals surface area contributed by atoms with Gasteiger partial charge in [-0.15, -0.1) is 0 Å². The van der Waals surface area contributed by atoms with Gasteiger partial charge in [0, 0.05) is 29.7 Å². The average molecular weight is 451 g/mol. The quantitative estimate of drug-likeness (QED) is 0.594. The highest BCUT2D eigenvalue weighted by atomic mass is 35.5. The van der Waals surface area contributed by atoms with E-state index in [1.807, 2.05) is 4.90 Å². The second kappa shape index (κ2) is 9.46. The Morgan fingerprint density at radius 3 is 2.47 bits per heavy atom. The minimum Gasteiger partial charge on any atom is -0.369 e. The molecule has 0 aliphatic carbocycles. The van der Waals surface area contributed by atoms with Crippen molar-refractivity contribution in [2.45, 2.75) is 23.8 Å². The van der Waals surface area contributed by atoms with Gasteiger partial charge in [-0.25, -0.2) is 8.42 Å². The van der Waals surface area contributed by atoms with E-state index >= 15 is 0 Å². The van der Waals surface area contributed by atoms with E-state index in [2.05, 4.69) is 10.0 Å². The molecule has 30 heavy (non-hydrogen) atoms. The maximum atomic E-state index is 12.7. The van der Waals surface area contributed by atoms with Crippen molar-refractivity contribution < 1.29 is 18.0 Å². The van der Waals surface area contributed by atoms with Crippen LogP contribution in [0.15, 0.2) is 53.4 Å². The van der Waals surface area contributed by atoms with Gasteiger partial charge in [-0.1, -0.05) is 23.7 Å². The predicted molar refractivity (Wildman–Crippen MR) is 115 cm³/mol.